The smallest absolute Gasteiger partial charge is 0.343 e. The zero-order valence-electron chi connectivity index (χ0n) is 11.2. The molecular formula is C12H19N3O3. The number of aliphatic hydroxyl groups excluding tert-OH is 1. The summed E-state index contributed by atoms with van der Waals surface area (Å²) in [5.74, 6) is 0.644. The summed E-state index contributed by atoms with van der Waals surface area (Å²) < 4.78 is 4.70. The highest BCUT2D eigenvalue weighted by Crippen LogP contribution is 2.17. The third-order valence-corrected chi connectivity index (χ3v) is 2.54. The van der Waals surface area contributed by atoms with Crippen LogP contribution in [0.15, 0.2) is 6.20 Å². The molecule has 1 N–H and O–H groups in total. The number of esters is 1. The van der Waals surface area contributed by atoms with E-state index in [2.05, 4.69) is 9.97 Å². The van der Waals surface area contributed by atoms with Crippen LogP contribution in [0.4, 0.5) is 5.82 Å². The normalized spacial score (nSPS) is 12.1. The molecule has 6 heteroatoms. The Labute approximate surface area is 107 Å². The van der Waals surface area contributed by atoms with Gasteiger partial charge >= 0.3 is 5.97 Å². The van der Waals surface area contributed by atoms with E-state index in [1.165, 1.54) is 13.3 Å². The Bertz CT molecular complexity index is 421. The van der Waals surface area contributed by atoms with Crippen molar-refractivity contribution in [3.63, 3.8) is 0 Å². The zero-order chi connectivity index (χ0) is 13.7. The number of nitrogens with zero attached hydrogens (tertiary/aromatic N) is 3. The molecule has 0 aromatic carbocycles. The van der Waals surface area contributed by atoms with E-state index >= 15 is 0 Å². The van der Waals surface area contributed by atoms with E-state index in [0.717, 1.165) is 0 Å². The molecule has 100 valence electrons. The molecule has 0 radical (unpaired) electrons. The van der Waals surface area contributed by atoms with E-state index in [1.54, 1.807) is 13.8 Å². The van der Waals surface area contributed by atoms with Crippen LogP contribution in [0, 0.1) is 6.92 Å². The van der Waals surface area contributed by atoms with Gasteiger partial charge in [-0.3, -0.25) is 0 Å². The molecule has 0 saturated heterocycles. The van der Waals surface area contributed by atoms with Gasteiger partial charge in [0.15, 0.2) is 0 Å². The Kier molecular flexibility index (Phi) is 5.03. The van der Waals surface area contributed by atoms with Crippen LogP contribution in [-0.2, 0) is 4.74 Å². The molecule has 0 saturated carbocycles. The van der Waals surface area contributed by atoms with E-state index in [-0.39, 0.29) is 0 Å². The number of aliphatic hydroxyl groups is 1. The van der Waals surface area contributed by atoms with Gasteiger partial charge in [0.05, 0.1) is 13.2 Å². The second-order valence-electron chi connectivity index (χ2n) is 4.21. The summed E-state index contributed by atoms with van der Waals surface area (Å²) in [4.78, 5) is 21.7. The van der Waals surface area contributed by atoms with Crippen LogP contribution >= 0.6 is 0 Å². The second kappa shape index (κ2) is 6.30. The van der Waals surface area contributed by atoms with Crippen molar-refractivity contribution < 1.29 is 14.6 Å². The third kappa shape index (κ3) is 3.66. The van der Waals surface area contributed by atoms with E-state index < -0.39 is 12.1 Å². The average molecular weight is 253 g/mol. The fraction of sp³-hybridized carbons (Fsp3) is 0.583. The van der Waals surface area contributed by atoms with Crippen molar-refractivity contribution in [2.75, 3.05) is 25.6 Å². The molecule has 0 amide bonds. The molecule has 1 heterocycles. The lowest BCUT2D eigenvalue weighted by Gasteiger charge is -2.21. The molecule has 1 atom stereocenters. The van der Waals surface area contributed by atoms with Gasteiger partial charge in [-0.15, -0.1) is 0 Å². The van der Waals surface area contributed by atoms with Gasteiger partial charge in [-0.1, -0.05) is 0 Å². The Hall–Kier alpha value is -1.69. The molecule has 1 unspecified atom stereocenters. The Morgan fingerprint density at radius 3 is 2.83 bits per heavy atom. The standard InChI is InChI=1S/C12H19N3O3/c1-8(16)5-6-15(3)11-10(12(17)18-4)7-13-9(2)14-11/h7-8,16H,5-6H2,1-4H3. The first-order chi connectivity index (χ1) is 8.45. The van der Waals surface area contributed by atoms with Crippen LogP contribution in [0.25, 0.3) is 0 Å². The second-order valence-corrected chi connectivity index (χ2v) is 4.21. The van der Waals surface area contributed by atoms with Gasteiger partial charge in [-0.05, 0) is 20.3 Å². The SMILES string of the molecule is COC(=O)c1cnc(C)nc1N(C)CCC(C)O. The summed E-state index contributed by atoms with van der Waals surface area (Å²) in [5, 5.41) is 9.28. The van der Waals surface area contributed by atoms with E-state index in [4.69, 9.17) is 4.74 Å². The fourth-order valence-electron chi connectivity index (χ4n) is 1.49. The summed E-state index contributed by atoms with van der Waals surface area (Å²) in [6, 6.07) is 0. The highest BCUT2D eigenvalue weighted by Gasteiger charge is 2.17. The summed E-state index contributed by atoms with van der Waals surface area (Å²) in [7, 11) is 3.14. The molecule has 18 heavy (non-hydrogen) atoms. The van der Waals surface area contributed by atoms with Crippen molar-refractivity contribution in [3.05, 3.63) is 17.6 Å². The van der Waals surface area contributed by atoms with Crippen LogP contribution in [0.3, 0.4) is 0 Å². The lowest BCUT2D eigenvalue weighted by atomic mass is 10.2. The van der Waals surface area contributed by atoms with E-state index in [9.17, 15) is 9.90 Å². The molecule has 1 aromatic heterocycles. The number of hydrogen-bond acceptors (Lipinski definition) is 6. The van der Waals surface area contributed by atoms with Crippen LogP contribution in [0.2, 0.25) is 0 Å². The van der Waals surface area contributed by atoms with Crippen molar-refractivity contribution in [1.82, 2.24) is 9.97 Å². The lowest BCUT2D eigenvalue weighted by Crippen LogP contribution is -2.25. The predicted molar refractivity (Wildman–Crippen MR) is 67.7 cm³/mol. The quantitative estimate of drug-likeness (QED) is 0.781. The summed E-state index contributed by atoms with van der Waals surface area (Å²) >= 11 is 0. The van der Waals surface area contributed by atoms with Gasteiger partial charge in [0.25, 0.3) is 0 Å². The minimum atomic E-state index is -0.464. The number of hydrogen-bond donors (Lipinski definition) is 1. The first-order valence-corrected chi connectivity index (χ1v) is 5.77. The topological polar surface area (TPSA) is 75.5 Å². The first-order valence-electron chi connectivity index (χ1n) is 5.77. The van der Waals surface area contributed by atoms with Crippen LogP contribution < -0.4 is 4.90 Å². The maximum absolute atomic E-state index is 11.6. The first kappa shape index (κ1) is 14.4. The summed E-state index contributed by atoms with van der Waals surface area (Å²) in [6.07, 6.45) is 1.67. The van der Waals surface area contributed by atoms with Gasteiger partial charge in [-0.2, -0.15) is 0 Å². The zero-order valence-corrected chi connectivity index (χ0v) is 11.2. The Morgan fingerprint density at radius 2 is 2.28 bits per heavy atom. The molecule has 0 fully saturated rings. The molecule has 0 aliphatic rings. The molecule has 0 bridgehead atoms. The molecule has 0 aliphatic carbocycles. The monoisotopic (exact) mass is 253 g/mol. The van der Waals surface area contributed by atoms with Crippen LogP contribution in [0.5, 0.6) is 0 Å². The average Bonchev–Trinajstić information content (AvgIpc) is 2.34. The predicted octanol–water partition coefficient (Wildman–Crippen LogP) is 0.779. The number of carbonyl (C=O) groups excluding carboxylic acids is 1. The maximum atomic E-state index is 11.6. The number of anilines is 1. The molecule has 0 spiro atoms. The number of carbonyl (C=O) groups is 1. The number of ether oxygens (including phenoxy) is 1. The summed E-state index contributed by atoms with van der Waals surface area (Å²) in [6.45, 7) is 4.07. The lowest BCUT2D eigenvalue weighted by molar-refractivity contribution is 0.0600. The number of aromatic nitrogens is 2. The van der Waals surface area contributed by atoms with E-state index in [1.807, 2.05) is 11.9 Å². The molecule has 1 aromatic rings. The fourth-order valence-corrected chi connectivity index (χ4v) is 1.49. The third-order valence-electron chi connectivity index (χ3n) is 2.54. The molecule has 6 nitrogen and oxygen atoms in total. The highest BCUT2D eigenvalue weighted by atomic mass is 16.5. The Morgan fingerprint density at radius 1 is 1.61 bits per heavy atom. The van der Waals surface area contributed by atoms with Crippen LogP contribution in [0.1, 0.15) is 29.5 Å². The molecule has 1 rings (SSSR count). The van der Waals surface area contributed by atoms with Crippen molar-refractivity contribution in [3.8, 4) is 0 Å². The maximum Gasteiger partial charge on any atom is 0.343 e. The van der Waals surface area contributed by atoms with Crippen molar-refractivity contribution in [2.24, 2.45) is 0 Å². The highest BCUT2D eigenvalue weighted by molar-refractivity contribution is 5.94. The van der Waals surface area contributed by atoms with Gasteiger partial charge in [-0.25, -0.2) is 14.8 Å². The Balaban J connectivity index is 2.97. The van der Waals surface area contributed by atoms with Crippen LogP contribution in [-0.4, -0.2) is 47.8 Å². The van der Waals surface area contributed by atoms with E-state index in [0.29, 0.717) is 30.2 Å². The van der Waals surface area contributed by atoms with Crippen molar-refractivity contribution in [1.29, 1.82) is 0 Å². The van der Waals surface area contributed by atoms with Gasteiger partial charge < -0.3 is 14.7 Å². The van der Waals surface area contributed by atoms with Crippen molar-refractivity contribution >= 4 is 11.8 Å². The van der Waals surface area contributed by atoms with Gasteiger partial charge in [0.2, 0.25) is 0 Å². The van der Waals surface area contributed by atoms with Gasteiger partial charge in [0.1, 0.15) is 17.2 Å². The minimum absolute atomic E-state index is 0.330. The largest absolute Gasteiger partial charge is 0.465 e. The number of aryl methyl sites for hydroxylation is 1. The summed E-state index contributed by atoms with van der Waals surface area (Å²) in [5.41, 5.74) is 0.330. The molecule has 0 aliphatic heterocycles. The number of rotatable bonds is 5. The minimum Gasteiger partial charge on any atom is -0.465 e. The van der Waals surface area contributed by atoms with Gasteiger partial charge in [0, 0.05) is 19.8 Å². The number of methoxy groups -OCH3 is 1. The van der Waals surface area contributed by atoms with Crippen molar-refractivity contribution in [2.45, 2.75) is 26.4 Å². The molecular weight excluding hydrogens is 234 g/mol.